The van der Waals surface area contributed by atoms with Crippen molar-refractivity contribution in [1.82, 2.24) is 10.2 Å². The number of carbonyl (C=O) groups excluding carboxylic acids is 2. The Morgan fingerprint density at radius 1 is 0.857 bits per heavy atom. The Labute approximate surface area is 247 Å². The molecular weight excluding hydrogens is 562 g/mol. The molecule has 3 rings (SSSR count). The Hall–Kier alpha value is -4.45. The summed E-state index contributed by atoms with van der Waals surface area (Å²) in [5, 5.41) is 2.57. The van der Waals surface area contributed by atoms with Crippen molar-refractivity contribution in [2.24, 2.45) is 0 Å². The minimum Gasteiger partial charge on any atom is -0.497 e. The van der Waals surface area contributed by atoms with Gasteiger partial charge in [-0.1, -0.05) is 24.3 Å². The standard InChI is InChI=1S/C30H37N3O8S/c1-20-10-8-9-11-22(20)18-32(21(2)30(35)31-3)29(34)19-33(25-16-23(38-4)12-14-26(25)39-5)42(36,37)24-13-15-27(40-6)28(17-24)41-7/h8-17,21H,18-19H2,1-7H3,(H,31,35)/t21-/m1/s1. The molecule has 0 aromatic heterocycles. The molecule has 0 fully saturated rings. The summed E-state index contributed by atoms with van der Waals surface area (Å²) in [7, 11) is 2.73. The van der Waals surface area contributed by atoms with E-state index in [4.69, 9.17) is 18.9 Å². The third-order valence-corrected chi connectivity index (χ3v) is 8.65. The number of likely N-dealkylation sites (N-methyl/N-ethyl adjacent to an activating group) is 1. The third-order valence-electron chi connectivity index (χ3n) is 6.89. The highest BCUT2D eigenvalue weighted by Gasteiger charge is 2.34. The minimum atomic E-state index is -4.42. The number of aryl methyl sites for hydroxylation is 1. The molecular formula is C30H37N3O8S. The summed E-state index contributed by atoms with van der Waals surface area (Å²) in [4.78, 5) is 28.0. The van der Waals surface area contributed by atoms with E-state index in [-0.39, 0.29) is 28.6 Å². The van der Waals surface area contributed by atoms with Gasteiger partial charge in [0.15, 0.2) is 11.5 Å². The number of sulfonamides is 1. The van der Waals surface area contributed by atoms with Crippen molar-refractivity contribution in [1.29, 1.82) is 0 Å². The van der Waals surface area contributed by atoms with E-state index in [0.29, 0.717) is 11.5 Å². The predicted molar refractivity (Wildman–Crippen MR) is 159 cm³/mol. The van der Waals surface area contributed by atoms with Gasteiger partial charge in [-0.15, -0.1) is 0 Å². The molecule has 0 aliphatic heterocycles. The van der Waals surface area contributed by atoms with Crippen LogP contribution in [0.25, 0.3) is 0 Å². The van der Waals surface area contributed by atoms with E-state index in [2.05, 4.69) is 5.32 Å². The van der Waals surface area contributed by atoms with Crippen LogP contribution in [0.15, 0.2) is 65.6 Å². The van der Waals surface area contributed by atoms with E-state index < -0.39 is 34.4 Å². The smallest absolute Gasteiger partial charge is 0.265 e. The number of hydrogen-bond donors (Lipinski definition) is 1. The SMILES string of the molecule is CNC(=O)[C@@H](C)N(Cc1ccccc1C)C(=O)CN(c1cc(OC)ccc1OC)S(=O)(=O)c1ccc(OC)c(OC)c1. The van der Waals surface area contributed by atoms with Crippen LogP contribution in [0.1, 0.15) is 18.1 Å². The fourth-order valence-electron chi connectivity index (χ4n) is 4.37. The zero-order chi connectivity index (χ0) is 31.0. The van der Waals surface area contributed by atoms with Crippen LogP contribution in [0.3, 0.4) is 0 Å². The molecule has 3 aromatic carbocycles. The van der Waals surface area contributed by atoms with E-state index in [1.54, 1.807) is 19.1 Å². The van der Waals surface area contributed by atoms with Gasteiger partial charge in [0.05, 0.1) is 39.0 Å². The van der Waals surface area contributed by atoms with Gasteiger partial charge >= 0.3 is 0 Å². The van der Waals surface area contributed by atoms with E-state index in [9.17, 15) is 18.0 Å². The topological polar surface area (TPSA) is 124 Å². The summed E-state index contributed by atoms with van der Waals surface area (Å²) in [6.07, 6.45) is 0. The molecule has 1 atom stereocenters. The first-order valence-electron chi connectivity index (χ1n) is 13.0. The quantitative estimate of drug-likeness (QED) is 0.317. The predicted octanol–water partition coefficient (Wildman–Crippen LogP) is 3.39. The third kappa shape index (κ3) is 6.88. The molecule has 2 amide bonds. The first kappa shape index (κ1) is 32.1. The second-order valence-corrected chi connectivity index (χ2v) is 11.2. The lowest BCUT2D eigenvalue weighted by Gasteiger charge is -2.32. The Bertz CT molecular complexity index is 1530. The monoisotopic (exact) mass is 599 g/mol. The van der Waals surface area contributed by atoms with Crippen molar-refractivity contribution >= 4 is 27.5 Å². The van der Waals surface area contributed by atoms with Crippen LogP contribution in [0.5, 0.6) is 23.0 Å². The number of nitrogens with zero attached hydrogens (tertiary/aromatic N) is 2. The van der Waals surface area contributed by atoms with Gasteiger partial charge in [0.25, 0.3) is 10.0 Å². The Morgan fingerprint density at radius 3 is 2.10 bits per heavy atom. The van der Waals surface area contributed by atoms with Gasteiger partial charge < -0.3 is 29.2 Å². The van der Waals surface area contributed by atoms with Crippen molar-refractivity contribution < 1.29 is 37.0 Å². The number of anilines is 1. The maximum Gasteiger partial charge on any atom is 0.265 e. The fourth-order valence-corrected chi connectivity index (χ4v) is 5.80. The molecule has 0 heterocycles. The molecule has 0 saturated heterocycles. The molecule has 42 heavy (non-hydrogen) atoms. The molecule has 0 aliphatic rings. The van der Waals surface area contributed by atoms with Crippen LogP contribution in [0, 0.1) is 6.92 Å². The van der Waals surface area contributed by atoms with E-state index in [0.717, 1.165) is 15.4 Å². The van der Waals surface area contributed by atoms with Crippen molar-refractivity contribution in [3.63, 3.8) is 0 Å². The highest BCUT2D eigenvalue weighted by atomic mass is 32.2. The lowest BCUT2D eigenvalue weighted by molar-refractivity contribution is -0.139. The number of rotatable bonds is 13. The zero-order valence-corrected chi connectivity index (χ0v) is 25.7. The minimum absolute atomic E-state index is 0.0726. The Morgan fingerprint density at radius 2 is 1.50 bits per heavy atom. The number of carbonyl (C=O) groups is 2. The van der Waals surface area contributed by atoms with Gasteiger partial charge in [0.2, 0.25) is 11.8 Å². The van der Waals surface area contributed by atoms with Crippen LogP contribution in [-0.4, -0.2) is 73.2 Å². The number of benzene rings is 3. The van der Waals surface area contributed by atoms with Crippen molar-refractivity contribution in [2.45, 2.75) is 31.3 Å². The van der Waals surface area contributed by atoms with Gasteiger partial charge in [0.1, 0.15) is 24.1 Å². The highest BCUT2D eigenvalue weighted by molar-refractivity contribution is 7.92. The number of nitrogens with one attached hydrogen (secondary N) is 1. The average molecular weight is 600 g/mol. The highest BCUT2D eigenvalue weighted by Crippen LogP contribution is 2.37. The lowest BCUT2D eigenvalue weighted by atomic mass is 10.1. The average Bonchev–Trinajstić information content (AvgIpc) is 3.01. The van der Waals surface area contributed by atoms with E-state index in [1.807, 2.05) is 31.2 Å². The molecule has 11 nitrogen and oxygen atoms in total. The molecule has 12 heteroatoms. The summed E-state index contributed by atoms with van der Waals surface area (Å²) >= 11 is 0. The molecule has 0 aliphatic carbocycles. The number of methoxy groups -OCH3 is 4. The zero-order valence-electron chi connectivity index (χ0n) is 24.8. The second kappa shape index (κ2) is 13.9. The van der Waals surface area contributed by atoms with Crippen LogP contribution in [0.4, 0.5) is 5.69 Å². The molecule has 0 radical (unpaired) electrons. The first-order chi connectivity index (χ1) is 20.0. The number of hydrogen-bond acceptors (Lipinski definition) is 8. The van der Waals surface area contributed by atoms with Crippen LogP contribution in [0.2, 0.25) is 0 Å². The van der Waals surface area contributed by atoms with Gasteiger partial charge in [-0.3, -0.25) is 13.9 Å². The van der Waals surface area contributed by atoms with E-state index in [1.165, 1.54) is 64.7 Å². The molecule has 3 aromatic rings. The van der Waals surface area contributed by atoms with Crippen molar-refractivity contribution in [3.8, 4) is 23.0 Å². The number of ether oxygens (including phenoxy) is 4. The molecule has 0 bridgehead atoms. The molecule has 0 unspecified atom stereocenters. The lowest BCUT2D eigenvalue weighted by Crippen LogP contribution is -2.50. The van der Waals surface area contributed by atoms with Crippen LogP contribution >= 0.6 is 0 Å². The van der Waals surface area contributed by atoms with Gasteiger partial charge in [0, 0.05) is 25.7 Å². The van der Waals surface area contributed by atoms with Crippen molar-refractivity contribution in [2.75, 3.05) is 46.3 Å². The fraction of sp³-hybridized carbons (Fsp3) is 0.333. The van der Waals surface area contributed by atoms with E-state index >= 15 is 0 Å². The van der Waals surface area contributed by atoms with Gasteiger partial charge in [-0.25, -0.2) is 8.42 Å². The Balaban J connectivity index is 2.18. The second-order valence-electron chi connectivity index (χ2n) is 9.30. The molecule has 226 valence electrons. The summed E-state index contributed by atoms with van der Waals surface area (Å²) < 4.78 is 51.0. The van der Waals surface area contributed by atoms with Crippen LogP contribution < -0.4 is 28.6 Å². The summed E-state index contributed by atoms with van der Waals surface area (Å²) in [6, 6.07) is 15.3. The van der Waals surface area contributed by atoms with Gasteiger partial charge in [-0.05, 0) is 49.2 Å². The Kier molecular flexibility index (Phi) is 10.6. The van der Waals surface area contributed by atoms with Gasteiger partial charge in [-0.2, -0.15) is 0 Å². The first-order valence-corrected chi connectivity index (χ1v) is 14.5. The number of amides is 2. The normalized spacial score (nSPS) is 11.7. The molecule has 0 saturated carbocycles. The largest absolute Gasteiger partial charge is 0.497 e. The molecule has 0 spiro atoms. The maximum absolute atomic E-state index is 14.3. The van der Waals surface area contributed by atoms with Crippen molar-refractivity contribution in [3.05, 3.63) is 71.8 Å². The summed E-state index contributed by atoms with van der Waals surface area (Å²) in [5.41, 5.74) is 1.81. The maximum atomic E-state index is 14.3. The summed E-state index contributed by atoms with van der Waals surface area (Å²) in [5.74, 6) is 0.0610. The summed E-state index contributed by atoms with van der Waals surface area (Å²) in [6.45, 7) is 2.93. The van der Waals surface area contributed by atoms with Crippen LogP contribution in [-0.2, 0) is 26.2 Å². The molecule has 1 N–H and O–H groups in total.